The van der Waals surface area contributed by atoms with Gasteiger partial charge in [0.25, 0.3) is 0 Å². The summed E-state index contributed by atoms with van der Waals surface area (Å²) in [5.74, 6) is 1.93. The molecule has 1 aliphatic rings. The third-order valence-corrected chi connectivity index (χ3v) is 3.74. The molecule has 0 spiro atoms. The number of rotatable bonds is 5. The Kier molecular flexibility index (Phi) is 3.22. The second-order valence-electron chi connectivity index (χ2n) is 4.73. The van der Waals surface area contributed by atoms with Gasteiger partial charge in [0.05, 0.1) is 12.3 Å². The predicted octanol–water partition coefficient (Wildman–Crippen LogP) is 1.19. The van der Waals surface area contributed by atoms with Gasteiger partial charge >= 0.3 is 0 Å². The highest BCUT2D eigenvalue weighted by Crippen LogP contribution is 2.41. The first-order valence-electron chi connectivity index (χ1n) is 5.67. The van der Waals surface area contributed by atoms with Gasteiger partial charge in [-0.3, -0.25) is 0 Å². The molecule has 0 bridgehead atoms. The van der Waals surface area contributed by atoms with Gasteiger partial charge in [-0.2, -0.15) is 4.98 Å². The molecule has 2 rings (SSSR count). The molecular formula is C10H17N3O3S. The van der Waals surface area contributed by atoms with Crippen molar-refractivity contribution in [2.24, 2.45) is 5.92 Å². The highest BCUT2D eigenvalue weighted by molar-refractivity contribution is 7.88. The van der Waals surface area contributed by atoms with E-state index in [4.69, 9.17) is 4.52 Å². The Hall–Kier alpha value is -0.950. The summed E-state index contributed by atoms with van der Waals surface area (Å²) in [5.41, 5.74) is 0. The first kappa shape index (κ1) is 12.5. The van der Waals surface area contributed by atoms with Crippen molar-refractivity contribution >= 4 is 10.0 Å². The van der Waals surface area contributed by atoms with Crippen LogP contribution in [0.1, 0.15) is 50.4 Å². The van der Waals surface area contributed by atoms with Crippen LogP contribution < -0.4 is 4.72 Å². The fraction of sp³-hybridized carbons (Fsp3) is 0.800. The maximum atomic E-state index is 11.1. The number of sulfonamides is 1. The maximum absolute atomic E-state index is 11.1. The van der Waals surface area contributed by atoms with E-state index in [1.165, 1.54) is 12.8 Å². The number of hydrogen-bond acceptors (Lipinski definition) is 5. The SMILES string of the molecule is CC(NS(C)(=O)=O)c1nc(C(C)C2CC2)no1. The fourth-order valence-electron chi connectivity index (χ4n) is 1.79. The zero-order valence-corrected chi connectivity index (χ0v) is 11.0. The van der Waals surface area contributed by atoms with Crippen LogP contribution in [0.3, 0.4) is 0 Å². The van der Waals surface area contributed by atoms with Crippen molar-refractivity contribution in [3.8, 4) is 0 Å². The number of hydrogen-bond donors (Lipinski definition) is 1. The Labute approximate surface area is 101 Å². The molecule has 0 amide bonds. The van der Waals surface area contributed by atoms with E-state index in [-0.39, 0.29) is 5.92 Å². The van der Waals surface area contributed by atoms with E-state index in [9.17, 15) is 8.42 Å². The quantitative estimate of drug-likeness (QED) is 0.858. The molecule has 1 heterocycles. The van der Waals surface area contributed by atoms with Crippen LogP contribution in [-0.4, -0.2) is 24.8 Å². The van der Waals surface area contributed by atoms with Gasteiger partial charge < -0.3 is 4.52 Å². The van der Waals surface area contributed by atoms with Crippen molar-refractivity contribution in [1.29, 1.82) is 0 Å². The Bertz CT molecular complexity index is 493. The molecule has 0 aromatic carbocycles. The molecule has 0 saturated heterocycles. The number of nitrogens with zero attached hydrogens (tertiary/aromatic N) is 2. The fourth-order valence-corrected chi connectivity index (χ4v) is 2.53. The summed E-state index contributed by atoms with van der Waals surface area (Å²) in [4.78, 5) is 4.25. The first-order valence-corrected chi connectivity index (χ1v) is 7.57. The Morgan fingerprint density at radius 2 is 2.06 bits per heavy atom. The van der Waals surface area contributed by atoms with Crippen molar-refractivity contribution in [3.63, 3.8) is 0 Å². The highest BCUT2D eigenvalue weighted by Gasteiger charge is 2.32. The zero-order chi connectivity index (χ0) is 12.6. The summed E-state index contributed by atoms with van der Waals surface area (Å²) in [7, 11) is -3.26. The van der Waals surface area contributed by atoms with Crippen molar-refractivity contribution in [1.82, 2.24) is 14.9 Å². The molecule has 1 fully saturated rings. The summed E-state index contributed by atoms with van der Waals surface area (Å²) < 4.78 is 29.6. The van der Waals surface area contributed by atoms with Gasteiger partial charge in [-0.05, 0) is 25.7 Å². The Balaban J connectivity index is 2.06. The molecule has 96 valence electrons. The smallest absolute Gasteiger partial charge is 0.244 e. The minimum atomic E-state index is -3.26. The van der Waals surface area contributed by atoms with Crippen molar-refractivity contribution in [2.75, 3.05) is 6.26 Å². The standard InChI is InChI=1S/C10H17N3O3S/c1-6(8-4-5-8)9-11-10(16-12-9)7(2)13-17(3,14)15/h6-8,13H,4-5H2,1-3H3. The number of nitrogens with one attached hydrogen (secondary N) is 1. The van der Waals surface area contributed by atoms with Crippen LogP contribution in [0.5, 0.6) is 0 Å². The van der Waals surface area contributed by atoms with Gasteiger partial charge in [-0.1, -0.05) is 12.1 Å². The summed E-state index contributed by atoms with van der Waals surface area (Å²) in [6, 6.07) is -0.488. The lowest BCUT2D eigenvalue weighted by Gasteiger charge is -2.06. The molecule has 0 aliphatic heterocycles. The van der Waals surface area contributed by atoms with E-state index in [1.54, 1.807) is 6.92 Å². The molecular weight excluding hydrogens is 242 g/mol. The van der Waals surface area contributed by atoms with E-state index < -0.39 is 16.1 Å². The van der Waals surface area contributed by atoms with E-state index in [0.717, 1.165) is 6.26 Å². The molecule has 1 aromatic heterocycles. The van der Waals surface area contributed by atoms with Crippen LogP contribution in [0.15, 0.2) is 4.52 Å². The van der Waals surface area contributed by atoms with Gasteiger partial charge in [-0.25, -0.2) is 13.1 Å². The van der Waals surface area contributed by atoms with Gasteiger partial charge in [0.15, 0.2) is 5.82 Å². The monoisotopic (exact) mass is 259 g/mol. The second kappa shape index (κ2) is 4.38. The Morgan fingerprint density at radius 1 is 1.41 bits per heavy atom. The second-order valence-corrected chi connectivity index (χ2v) is 6.51. The minimum absolute atomic E-state index is 0.290. The topological polar surface area (TPSA) is 85.1 Å². The summed E-state index contributed by atoms with van der Waals surface area (Å²) in [5, 5.41) is 3.91. The van der Waals surface area contributed by atoms with E-state index in [1.807, 2.05) is 0 Å². The van der Waals surface area contributed by atoms with Crippen LogP contribution in [0.25, 0.3) is 0 Å². The van der Waals surface area contributed by atoms with E-state index in [2.05, 4.69) is 21.8 Å². The van der Waals surface area contributed by atoms with Gasteiger partial charge in [-0.15, -0.1) is 0 Å². The lowest BCUT2D eigenvalue weighted by Crippen LogP contribution is -2.25. The Morgan fingerprint density at radius 3 is 2.59 bits per heavy atom. The van der Waals surface area contributed by atoms with Crippen LogP contribution in [0.2, 0.25) is 0 Å². The molecule has 2 unspecified atom stereocenters. The third-order valence-electron chi connectivity index (χ3n) is 2.96. The minimum Gasteiger partial charge on any atom is -0.338 e. The maximum Gasteiger partial charge on any atom is 0.244 e. The molecule has 1 aliphatic carbocycles. The average molecular weight is 259 g/mol. The zero-order valence-electron chi connectivity index (χ0n) is 10.2. The highest BCUT2D eigenvalue weighted by atomic mass is 32.2. The summed E-state index contributed by atoms with van der Waals surface area (Å²) >= 11 is 0. The molecule has 0 radical (unpaired) electrons. The molecule has 2 atom stereocenters. The molecule has 1 saturated carbocycles. The third kappa shape index (κ3) is 3.26. The predicted molar refractivity (Wildman–Crippen MR) is 61.8 cm³/mol. The largest absolute Gasteiger partial charge is 0.338 e. The van der Waals surface area contributed by atoms with Gasteiger partial charge in [0.1, 0.15) is 0 Å². The summed E-state index contributed by atoms with van der Waals surface area (Å²) in [6.07, 6.45) is 3.53. The van der Waals surface area contributed by atoms with E-state index in [0.29, 0.717) is 17.6 Å². The molecule has 17 heavy (non-hydrogen) atoms. The molecule has 1 N–H and O–H groups in total. The van der Waals surface area contributed by atoms with Crippen LogP contribution in [-0.2, 0) is 10.0 Å². The van der Waals surface area contributed by atoms with Crippen molar-refractivity contribution < 1.29 is 12.9 Å². The van der Waals surface area contributed by atoms with Crippen LogP contribution in [0, 0.1) is 5.92 Å². The van der Waals surface area contributed by atoms with Gasteiger partial charge in [0.2, 0.25) is 15.9 Å². The van der Waals surface area contributed by atoms with Gasteiger partial charge in [0, 0.05) is 5.92 Å². The van der Waals surface area contributed by atoms with Crippen LogP contribution in [0.4, 0.5) is 0 Å². The molecule has 1 aromatic rings. The summed E-state index contributed by atoms with van der Waals surface area (Å²) in [6.45, 7) is 3.75. The normalized spacial score (nSPS) is 20.2. The van der Waals surface area contributed by atoms with Crippen LogP contribution >= 0.6 is 0 Å². The van der Waals surface area contributed by atoms with E-state index >= 15 is 0 Å². The van der Waals surface area contributed by atoms with Crippen molar-refractivity contribution in [3.05, 3.63) is 11.7 Å². The molecule has 7 heteroatoms. The average Bonchev–Trinajstić information content (AvgIpc) is 2.91. The molecule has 6 nitrogen and oxygen atoms in total. The first-order chi connectivity index (χ1) is 7.87. The number of aromatic nitrogens is 2. The van der Waals surface area contributed by atoms with Crippen molar-refractivity contribution in [2.45, 2.75) is 38.6 Å². The lowest BCUT2D eigenvalue weighted by molar-refractivity contribution is 0.347. The lowest BCUT2D eigenvalue weighted by atomic mass is 10.1.